The number of nitrogens with zero attached hydrogens (tertiary/aromatic N) is 3. The third kappa shape index (κ3) is 6.44. The van der Waals surface area contributed by atoms with E-state index in [2.05, 4.69) is 12.2 Å². The van der Waals surface area contributed by atoms with Crippen LogP contribution >= 0.6 is 0 Å². The summed E-state index contributed by atoms with van der Waals surface area (Å²) >= 11 is 0. The van der Waals surface area contributed by atoms with Gasteiger partial charge in [-0.3, -0.25) is 9.59 Å². The summed E-state index contributed by atoms with van der Waals surface area (Å²) in [6.07, 6.45) is 1.73. The number of carbonyl (C=O) groups excluding carboxylic acids is 2. The monoisotopic (exact) mass is 496 g/mol. The molecule has 0 unspecified atom stereocenters. The molecule has 0 spiro atoms. The van der Waals surface area contributed by atoms with Crippen LogP contribution in [0.3, 0.4) is 0 Å². The Bertz CT molecular complexity index is 1330. The molecule has 4 aromatic rings. The second-order valence-electron chi connectivity index (χ2n) is 8.89. The smallest absolute Gasteiger partial charge is 0.254 e. The van der Waals surface area contributed by atoms with Gasteiger partial charge in [-0.05, 0) is 49.7 Å². The van der Waals surface area contributed by atoms with Gasteiger partial charge in [-0.2, -0.15) is 5.10 Å². The van der Waals surface area contributed by atoms with E-state index in [0.29, 0.717) is 17.9 Å². The lowest BCUT2D eigenvalue weighted by Gasteiger charge is -2.22. The molecule has 37 heavy (non-hydrogen) atoms. The molecule has 0 saturated carbocycles. The predicted octanol–water partition coefficient (Wildman–Crippen LogP) is 5.74. The summed E-state index contributed by atoms with van der Waals surface area (Å²) < 4.78 is 6.97. The van der Waals surface area contributed by atoms with Crippen molar-refractivity contribution in [1.29, 1.82) is 0 Å². The first-order chi connectivity index (χ1) is 18.0. The number of benzene rings is 3. The molecule has 1 heterocycles. The van der Waals surface area contributed by atoms with Gasteiger partial charge in [0.25, 0.3) is 5.91 Å². The zero-order chi connectivity index (χ0) is 26.2. The number of rotatable bonds is 10. The molecular formula is C30H32N4O3. The number of ether oxygens (including phenoxy) is 1. The molecule has 0 saturated heterocycles. The molecule has 0 aliphatic rings. The van der Waals surface area contributed by atoms with Crippen LogP contribution in [0.15, 0.2) is 84.9 Å². The van der Waals surface area contributed by atoms with Crippen LogP contribution in [0.4, 0.5) is 5.82 Å². The summed E-state index contributed by atoms with van der Waals surface area (Å²) in [5, 5.41) is 7.75. The van der Waals surface area contributed by atoms with Crippen LogP contribution in [0.2, 0.25) is 0 Å². The van der Waals surface area contributed by atoms with Gasteiger partial charge in [-0.15, -0.1) is 0 Å². The van der Waals surface area contributed by atoms with Crippen LogP contribution in [0.1, 0.15) is 35.7 Å². The first kappa shape index (κ1) is 25.7. The number of aryl methyl sites for hydroxylation is 1. The van der Waals surface area contributed by atoms with E-state index in [1.807, 2.05) is 79.7 Å². The number of aromatic nitrogens is 2. The maximum absolute atomic E-state index is 13.2. The van der Waals surface area contributed by atoms with E-state index in [-0.39, 0.29) is 18.4 Å². The van der Waals surface area contributed by atoms with E-state index in [1.165, 1.54) is 0 Å². The van der Waals surface area contributed by atoms with Gasteiger partial charge in [0.1, 0.15) is 18.1 Å². The second-order valence-corrected chi connectivity index (χ2v) is 8.89. The number of hydrogen-bond donors (Lipinski definition) is 1. The van der Waals surface area contributed by atoms with Crippen LogP contribution in [0.5, 0.6) is 5.75 Å². The maximum Gasteiger partial charge on any atom is 0.254 e. The Morgan fingerprint density at radius 3 is 2.32 bits per heavy atom. The Hall–Kier alpha value is -4.39. The number of methoxy groups -OCH3 is 1. The molecule has 0 bridgehead atoms. The molecule has 2 amide bonds. The average molecular weight is 497 g/mol. The molecule has 4 rings (SSSR count). The van der Waals surface area contributed by atoms with Gasteiger partial charge >= 0.3 is 0 Å². The van der Waals surface area contributed by atoms with Crippen molar-refractivity contribution in [3.8, 4) is 22.7 Å². The lowest BCUT2D eigenvalue weighted by Crippen LogP contribution is -2.39. The van der Waals surface area contributed by atoms with Crippen LogP contribution in [-0.2, 0) is 4.79 Å². The minimum Gasteiger partial charge on any atom is -0.497 e. The van der Waals surface area contributed by atoms with Crippen molar-refractivity contribution in [3.05, 3.63) is 96.1 Å². The van der Waals surface area contributed by atoms with Crippen LogP contribution < -0.4 is 10.1 Å². The quantitative estimate of drug-likeness (QED) is 0.304. The summed E-state index contributed by atoms with van der Waals surface area (Å²) in [7, 11) is 1.62. The van der Waals surface area contributed by atoms with Crippen molar-refractivity contribution in [2.24, 2.45) is 0 Å². The van der Waals surface area contributed by atoms with E-state index >= 15 is 0 Å². The van der Waals surface area contributed by atoms with E-state index in [0.717, 1.165) is 41.1 Å². The Kier molecular flexibility index (Phi) is 8.36. The van der Waals surface area contributed by atoms with E-state index < -0.39 is 0 Å². The first-order valence-corrected chi connectivity index (χ1v) is 12.4. The fraction of sp³-hybridized carbons (Fsp3) is 0.233. The van der Waals surface area contributed by atoms with Crippen molar-refractivity contribution < 1.29 is 14.3 Å². The molecule has 1 aromatic heterocycles. The molecule has 3 aromatic carbocycles. The molecular weight excluding hydrogens is 464 g/mol. The maximum atomic E-state index is 13.2. The molecule has 0 radical (unpaired) electrons. The number of nitrogens with one attached hydrogen (secondary N) is 1. The molecule has 0 atom stereocenters. The number of amides is 2. The summed E-state index contributed by atoms with van der Waals surface area (Å²) in [6.45, 7) is 4.49. The molecule has 0 aliphatic carbocycles. The Morgan fingerprint density at radius 1 is 0.973 bits per heavy atom. The van der Waals surface area contributed by atoms with Crippen LogP contribution in [0, 0.1) is 6.92 Å². The fourth-order valence-electron chi connectivity index (χ4n) is 3.98. The van der Waals surface area contributed by atoms with Gasteiger partial charge in [0.2, 0.25) is 5.91 Å². The van der Waals surface area contributed by atoms with Gasteiger partial charge in [0.15, 0.2) is 0 Å². The van der Waals surface area contributed by atoms with Crippen molar-refractivity contribution in [1.82, 2.24) is 14.7 Å². The lowest BCUT2D eigenvalue weighted by atomic mass is 10.1. The summed E-state index contributed by atoms with van der Waals surface area (Å²) in [4.78, 5) is 28.1. The number of hydrogen-bond acceptors (Lipinski definition) is 4. The topological polar surface area (TPSA) is 76.5 Å². The highest BCUT2D eigenvalue weighted by atomic mass is 16.5. The SMILES string of the molecule is CCCCN(CC(=O)Nc1cc(-c2ccccc2)nn1-c1ccc(OC)cc1)C(=O)c1ccc(C)cc1. The molecule has 0 fully saturated rings. The summed E-state index contributed by atoms with van der Waals surface area (Å²) in [5.74, 6) is 0.807. The highest BCUT2D eigenvalue weighted by molar-refractivity contribution is 5.99. The molecule has 190 valence electrons. The number of anilines is 1. The Labute approximate surface area is 217 Å². The lowest BCUT2D eigenvalue weighted by molar-refractivity contribution is -0.117. The predicted molar refractivity (Wildman–Crippen MR) is 146 cm³/mol. The normalized spacial score (nSPS) is 10.7. The van der Waals surface area contributed by atoms with Crippen LogP contribution in [-0.4, -0.2) is 46.7 Å². The Morgan fingerprint density at radius 2 is 1.68 bits per heavy atom. The van der Waals surface area contributed by atoms with Crippen LogP contribution in [0.25, 0.3) is 16.9 Å². The van der Waals surface area contributed by atoms with Crippen molar-refractivity contribution in [2.75, 3.05) is 25.5 Å². The van der Waals surface area contributed by atoms with Crippen molar-refractivity contribution >= 4 is 17.6 Å². The molecule has 7 nitrogen and oxygen atoms in total. The first-order valence-electron chi connectivity index (χ1n) is 12.4. The zero-order valence-corrected chi connectivity index (χ0v) is 21.5. The molecule has 0 aliphatic heterocycles. The zero-order valence-electron chi connectivity index (χ0n) is 21.5. The molecule has 1 N–H and O–H groups in total. The third-order valence-electron chi connectivity index (χ3n) is 6.07. The minimum absolute atomic E-state index is 0.0544. The van der Waals surface area contributed by atoms with Gasteiger partial charge in [-0.1, -0.05) is 61.4 Å². The van der Waals surface area contributed by atoms with Crippen molar-refractivity contribution in [2.45, 2.75) is 26.7 Å². The van der Waals surface area contributed by atoms with Gasteiger partial charge < -0.3 is 15.0 Å². The van der Waals surface area contributed by atoms with Gasteiger partial charge in [0, 0.05) is 23.7 Å². The highest BCUT2D eigenvalue weighted by Crippen LogP contribution is 2.26. The largest absolute Gasteiger partial charge is 0.497 e. The summed E-state index contributed by atoms with van der Waals surface area (Å²) in [6, 6.07) is 26.5. The third-order valence-corrected chi connectivity index (χ3v) is 6.07. The van der Waals surface area contributed by atoms with Gasteiger partial charge in [0.05, 0.1) is 18.5 Å². The number of unbranched alkanes of at least 4 members (excludes halogenated alkanes) is 1. The highest BCUT2D eigenvalue weighted by Gasteiger charge is 2.20. The molecule has 7 heteroatoms. The number of carbonyl (C=O) groups is 2. The van der Waals surface area contributed by atoms with E-state index in [4.69, 9.17) is 9.84 Å². The summed E-state index contributed by atoms with van der Waals surface area (Å²) in [5.41, 5.74) is 4.09. The van der Waals surface area contributed by atoms with E-state index in [1.54, 1.807) is 28.8 Å². The van der Waals surface area contributed by atoms with E-state index in [9.17, 15) is 9.59 Å². The fourth-order valence-corrected chi connectivity index (χ4v) is 3.98. The average Bonchev–Trinajstić information content (AvgIpc) is 3.35. The Balaban J connectivity index is 1.59. The standard InChI is InChI=1S/C30H32N4O3/c1-4-5-19-33(30(36)24-13-11-22(2)12-14-24)21-29(35)31-28-20-27(23-9-7-6-8-10-23)32-34(28)25-15-17-26(37-3)18-16-25/h6-18,20H,4-5,19,21H2,1-3H3,(H,31,35). The second kappa shape index (κ2) is 12.0. The van der Waals surface area contributed by atoms with Crippen molar-refractivity contribution in [3.63, 3.8) is 0 Å². The minimum atomic E-state index is -0.286. The van der Waals surface area contributed by atoms with Gasteiger partial charge in [-0.25, -0.2) is 4.68 Å².